The van der Waals surface area contributed by atoms with Crippen molar-refractivity contribution < 1.29 is 22.0 Å². The number of aryl methyl sites for hydroxylation is 2. The summed E-state index contributed by atoms with van der Waals surface area (Å²) >= 11 is 5.65. The van der Waals surface area contributed by atoms with Gasteiger partial charge in [-0.2, -0.15) is 13.2 Å². The summed E-state index contributed by atoms with van der Waals surface area (Å²) in [6.07, 6.45) is -2.49. The Bertz CT molecular complexity index is 754. The van der Waals surface area contributed by atoms with Crippen LogP contribution >= 0.6 is 11.6 Å². The lowest BCUT2D eigenvalue weighted by Gasteiger charge is -2.18. The molecule has 0 bridgehead atoms. The van der Waals surface area contributed by atoms with Crippen molar-refractivity contribution in [2.24, 2.45) is 0 Å². The zero-order valence-corrected chi connectivity index (χ0v) is 13.6. The summed E-state index contributed by atoms with van der Waals surface area (Å²) in [5.41, 5.74) is 0.564. The summed E-state index contributed by atoms with van der Waals surface area (Å²) in [4.78, 5) is 0. The number of allylic oxidation sites excluding steroid dienone is 1. The van der Waals surface area contributed by atoms with Gasteiger partial charge < -0.3 is 0 Å². The Morgan fingerprint density at radius 1 is 1.00 bits per heavy atom. The topological polar surface area (TPSA) is 0 Å². The van der Waals surface area contributed by atoms with Gasteiger partial charge in [-0.15, -0.1) is 0 Å². The lowest BCUT2D eigenvalue weighted by molar-refractivity contribution is -0.139. The molecule has 0 fully saturated rings. The molecule has 0 aromatic heterocycles. The number of hydrogen-bond acceptors (Lipinski definition) is 0. The standard InChI is InChI=1S/C18H14ClF5/c1-10-3-4-12(8-16(10)20)5-6-14(18(22,23)24)13-7-11(2)17(21)15(19)9-13/h3-9,14H,1-2H3/b6-5+. The Labute approximate surface area is 141 Å². The van der Waals surface area contributed by atoms with Crippen molar-refractivity contribution in [1.29, 1.82) is 0 Å². The third-order valence-corrected chi connectivity index (χ3v) is 3.90. The molecule has 2 aromatic rings. The molecule has 0 nitrogen and oxygen atoms in total. The van der Waals surface area contributed by atoms with Crippen LogP contribution in [0.1, 0.15) is 28.2 Å². The van der Waals surface area contributed by atoms with Gasteiger partial charge in [0.25, 0.3) is 0 Å². The second kappa shape index (κ2) is 6.93. The maximum Gasteiger partial charge on any atom is 0.399 e. The minimum atomic E-state index is -4.59. The minimum Gasteiger partial charge on any atom is -0.207 e. The van der Waals surface area contributed by atoms with Gasteiger partial charge in [0.15, 0.2) is 0 Å². The summed E-state index contributed by atoms with van der Waals surface area (Å²) in [6, 6.07) is 6.23. The Balaban J connectivity index is 2.43. The van der Waals surface area contributed by atoms with Gasteiger partial charge in [-0.25, -0.2) is 8.78 Å². The van der Waals surface area contributed by atoms with Crippen molar-refractivity contribution in [1.82, 2.24) is 0 Å². The lowest BCUT2D eigenvalue weighted by atomic mass is 9.95. The first-order chi connectivity index (χ1) is 11.1. The Hall–Kier alpha value is -1.88. The molecule has 0 N–H and O–H groups in total. The predicted octanol–water partition coefficient (Wildman–Crippen LogP) is 6.59. The highest BCUT2D eigenvalue weighted by molar-refractivity contribution is 6.30. The van der Waals surface area contributed by atoms with Crippen molar-refractivity contribution in [3.8, 4) is 0 Å². The van der Waals surface area contributed by atoms with E-state index in [2.05, 4.69) is 0 Å². The van der Waals surface area contributed by atoms with Crippen LogP contribution in [0.3, 0.4) is 0 Å². The van der Waals surface area contributed by atoms with E-state index in [1.165, 1.54) is 25.1 Å². The van der Waals surface area contributed by atoms with Crippen molar-refractivity contribution in [2.75, 3.05) is 0 Å². The summed E-state index contributed by atoms with van der Waals surface area (Å²) < 4.78 is 67.1. The lowest BCUT2D eigenvalue weighted by Crippen LogP contribution is -2.19. The van der Waals surface area contributed by atoms with Crippen LogP contribution in [0.4, 0.5) is 22.0 Å². The molecule has 0 saturated heterocycles. The normalized spacial score (nSPS) is 13.5. The van der Waals surface area contributed by atoms with Crippen molar-refractivity contribution in [3.05, 3.63) is 75.3 Å². The maximum absolute atomic E-state index is 13.5. The molecule has 2 aromatic carbocycles. The molecule has 0 aliphatic heterocycles. The molecular weight excluding hydrogens is 347 g/mol. The van der Waals surface area contributed by atoms with E-state index in [0.717, 1.165) is 24.3 Å². The Kier molecular flexibility index (Phi) is 5.33. The Morgan fingerprint density at radius 2 is 1.67 bits per heavy atom. The largest absolute Gasteiger partial charge is 0.399 e. The van der Waals surface area contributed by atoms with Gasteiger partial charge in [0, 0.05) is 0 Å². The smallest absolute Gasteiger partial charge is 0.207 e. The summed E-state index contributed by atoms with van der Waals surface area (Å²) in [7, 11) is 0. The van der Waals surface area contributed by atoms with E-state index < -0.39 is 23.7 Å². The first-order valence-electron chi connectivity index (χ1n) is 7.06. The zero-order chi connectivity index (χ0) is 18.1. The molecule has 128 valence electrons. The zero-order valence-electron chi connectivity index (χ0n) is 12.9. The fourth-order valence-corrected chi connectivity index (χ4v) is 2.54. The molecule has 1 atom stereocenters. The van der Waals surface area contributed by atoms with Gasteiger partial charge in [0.1, 0.15) is 11.6 Å². The van der Waals surface area contributed by atoms with E-state index in [-0.39, 0.29) is 16.1 Å². The van der Waals surface area contributed by atoms with Crippen LogP contribution in [-0.4, -0.2) is 6.18 Å². The molecule has 0 aliphatic carbocycles. The molecule has 24 heavy (non-hydrogen) atoms. The molecule has 0 amide bonds. The summed E-state index contributed by atoms with van der Waals surface area (Å²) in [6.45, 7) is 2.90. The second-order valence-corrected chi connectivity index (χ2v) is 5.93. The van der Waals surface area contributed by atoms with E-state index in [0.29, 0.717) is 11.1 Å². The molecule has 0 spiro atoms. The number of rotatable bonds is 3. The van der Waals surface area contributed by atoms with E-state index in [1.807, 2.05) is 0 Å². The molecule has 0 saturated carbocycles. The molecule has 0 radical (unpaired) electrons. The van der Waals surface area contributed by atoms with E-state index in [1.54, 1.807) is 6.92 Å². The van der Waals surface area contributed by atoms with Gasteiger partial charge in [-0.1, -0.05) is 42.0 Å². The van der Waals surface area contributed by atoms with Gasteiger partial charge in [0.2, 0.25) is 0 Å². The quantitative estimate of drug-likeness (QED) is 0.541. The number of halogens is 6. The third-order valence-electron chi connectivity index (χ3n) is 3.62. The van der Waals surface area contributed by atoms with Crippen LogP contribution in [0.2, 0.25) is 5.02 Å². The highest BCUT2D eigenvalue weighted by atomic mass is 35.5. The molecule has 6 heteroatoms. The summed E-state index contributed by atoms with van der Waals surface area (Å²) in [5.74, 6) is -3.22. The first kappa shape index (κ1) is 18.5. The fraction of sp³-hybridized carbons (Fsp3) is 0.222. The highest BCUT2D eigenvalue weighted by Crippen LogP contribution is 2.38. The van der Waals surface area contributed by atoms with Crippen molar-refractivity contribution in [3.63, 3.8) is 0 Å². The van der Waals surface area contributed by atoms with Crippen molar-refractivity contribution in [2.45, 2.75) is 25.9 Å². The Morgan fingerprint density at radius 3 is 2.21 bits per heavy atom. The van der Waals surface area contributed by atoms with E-state index >= 15 is 0 Å². The van der Waals surface area contributed by atoms with Crippen LogP contribution in [0.15, 0.2) is 36.4 Å². The number of alkyl halides is 3. The second-order valence-electron chi connectivity index (χ2n) is 5.52. The molecule has 2 rings (SSSR count). The monoisotopic (exact) mass is 360 g/mol. The van der Waals surface area contributed by atoms with Gasteiger partial charge in [-0.3, -0.25) is 0 Å². The molecule has 0 aliphatic rings. The van der Waals surface area contributed by atoms with Crippen LogP contribution in [0.5, 0.6) is 0 Å². The predicted molar refractivity (Wildman–Crippen MR) is 85.1 cm³/mol. The number of hydrogen-bond donors (Lipinski definition) is 0. The third kappa shape index (κ3) is 4.15. The van der Waals surface area contributed by atoms with Gasteiger partial charge in [-0.05, 0) is 48.2 Å². The maximum atomic E-state index is 13.5. The fourth-order valence-electron chi connectivity index (χ4n) is 2.26. The first-order valence-corrected chi connectivity index (χ1v) is 7.44. The molecular formula is C18H14ClF5. The van der Waals surface area contributed by atoms with Gasteiger partial charge >= 0.3 is 6.18 Å². The average Bonchev–Trinajstić information content (AvgIpc) is 2.47. The van der Waals surface area contributed by atoms with Crippen LogP contribution in [-0.2, 0) is 0 Å². The number of benzene rings is 2. The highest BCUT2D eigenvalue weighted by Gasteiger charge is 2.39. The molecule has 0 heterocycles. The van der Waals surface area contributed by atoms with Crippen molar-refractivity contribution >= 4 is 17.7 Å². The van der Waals surface area contributed by atoms with Crippen LogP contribution < -0.4 is 0 Å². The average molecular weight is 361 g/mol. The van der Waals surface area contributed by atoms with Gasteiger partial charge in [0.05, 0.1) is 10.9 Å². The van der Waals surface area contributed by atoms with E-state index in [9.17, 15) is 22.0 Å². The van der Waals surface area contributed by atoms with Crippen LogP contribution in [0.25, 0.3) is 6.08 Å². The SMILES string of the molecule is Cc1ccc(/C=C/C(c2cc(C)c(F)c(Cl)c2)C(F)(F)F)cc1F. The molecule has 1 unspecified atom stereocenters. The summed E-state index contributed by atoms with van der Waals surface area (Å²) in [5, 5.41) is -0.367. The van der Waals surface area contributed by atoms with E-state index in [4.69, 9.17) is 11.6 Å². The minimum absolute atomic E-state index is 0.0292. The van der Waals surface area contributed by atoms with Crippen LogP contribution in [0, 0.1) is 25.5 Å².